The van der Waals surface area contributed by atoms with E-state index in [0.29, 0.717) is 12.4 Å². The van der Waals surface area contributed by atoms with E-state index in [0.717, 1.165) is 5.69 Å². The number of nitrogens with two attached hydrogens (primary N) is 1. The predicted octanol–water partition coefficient (Wildman–Crippen LogP) is 0.764. The van der Waals surface area contributed by atoms with Crippen molar-refractivity contribution in [2.24, 2.45) is 0 Å². The number of nitrogen functional groups attached to an aromatic ring is 1. The Morgan fingerprint density at radius 1 is 1.50 bits per heavy atom. The number of carboxylic acids is 1. The van der Waals surface area contributed by atoms with Crippen LogP contribution in [0.2, 0.25) is 0 Å². The summed E-state index contributed by atoms with van der Waals surface area (Å²) < 4.78 is 0. The molecule has 0 radical (unpaired) electrons. The van der Waals surface area contributed by atoms with Gasteiger partial charge in [0.05, 0.1) is 23.5 Å². The van der Waals surface area contributed by atoms with Crippen LogP contribution >= 0.6 is 0 Å². The van der Waals surface area contributed by atoms with Crippen LogP contribution in [0.4, 0.5) is 11.5 Å². The number of nitrogens with one attached hydrogen (secondary N) is 1. The zero-order valence-corrected chi connectivity index (χ0v) is 9.37. The van der Waals surface area contributed by atoms with Crippen molar-refractivity contribution in [3.63, 3.8) is 0 Å². The summed E-state index contributed by atoms with van der Waals surface area (Å²) in [4.78, 5) is 14.7. The van der Waals surface area contributed by atoms with Crippen molar-refractivity contribution < 1.29 is 9.90 Å². The van der Waals surface area contributed by atoms with Gasteiger partial charge in [0.15, 0.2) is 0 Å². The summed E-state index contributed by atoms with van der Waals surface area (Å²) in [6.07, 6.45) is 2.83. The second kappa shape index (κ2) is 5.09. The Hall–Kier alpha value is -2.70. The maximum absolute atomic E-state index is 10.7. The Morgan fingerprint density at radius 2 is 2.33 bits per heavy atom. The first-order valence-corrected chi connectivity index (χ1v) is 5.16. The topological polar surface area (TPSA) is 114 Å². The SMILES string of the molecule is Nc1cc(C(=O)O)cnc1NCc1cccnn1. The average molecular weight is 245 g/mol. The van der Waals surface area contributed by atoms with E-state index in [2.05, 4.69) is 20.5 Å². The van der Waals surface area contributed by atoms with Crippen LogP contribution in [0.1, 0.15) is 16.1 Å². The van der Waals surface area contributed by atoms with Crippen LogP contribution in [-0.4, -0.2) is 26.3 Å². The van der Waals surface area contributed by atoms with Crippen LogP contribution in [0.25, 0.3) is 0 Å². The third kappa shape index (κ3) is 2.70. The number of aromatic nitrogens is 3. The molecule has 0 saturated heterocycles. The standard InChI is InChI=1S/C11H11N5O2/c12-9-4-7(11(17)18)5-13-10(9)14-6-8-2-1-3-15-16-8/h1-5H,6,12H2,(H,13,14)(H,17,18). The monoisotopic (exact) mass is 245 g/mol. The second-order valence-electron chi connectivity index (χ2n) is 3.54. The summed E-state index contributed by atoms with van der Waals surface area (Å²) in [7, 11) is 0. The number of pyridine rings is 1. The number of hydrogen-bond acceptors (Lipinski definition) is 6. The quantitative estimate of drug-likeness (QED) is 0.728. The van der Waals surface area contributed by atoms with E-state index in [9.17, 15) is 4.79 Å². The molecule has 0 atom stereocenters. The largest absolute Gasteiger partial charge is 0.478 e. The van der Waals surface area contributed by atoms with Gasteiger partial charge in [0, 0.05) is 12.4 Å². The van der Waals surface area contributed by atoms with E-state index in [4.69, 9.17) is 10.8 Å². The Morgan fingerprint density at radius 3 is 2.94 bits per heavy atom. The van der Waals surface area contributed by atoms with Crippen molar-refractivity contribution in [3.8, 4) is 0 Å². The van der Waals surface area contributed by atoms with Crippen molar-refractivity contribution in [2.75, 3.05) is 11.1 Å². The summed E-state index contributed by atoms with van der Waals surface area (Å²) in [5.41, 5.74) is 6.77. The molecular weight excluding hydrogens is 234 g/mol. The second-order valence-corrected chi connectivity index (χ2v) is 3.54. The molecular formula is C11H11N5O2. The number of rotatable bonds is 4. The van der Waals surface area contributed by atoms with Crippen LogP contribution in [0.15, 0.2) is 30.6 Å². The Labute approximate surface area is 103 Å². The first-order valence-electron chi connectivity index (χ1n) is 5.16. The maximum atomic E-state index is 10.7. The van der Waals surface area contributed by atoms with Crippen molar-refractivity contribution in [3.05, 3.63) is 41.9 Å². The van der Waals surface area contributed by atoms with Gasteiger partial charge in [-0.05, 0) is 18.2 Å². The molecule has 0 unspecified atom stereocenters. The molecule has 0 aliphatic carbocycles. The van der Waals surface area contributed by atoms with Gasteiger partial charge in [-0.1, -0.05) is 0 Å². The minimum atomic E-state index is -1.06. The highest BCUT2D eigenvalue weighted by Crippen LogP contribution is 2.16. The summed E-state index contributed by atoms with van der Waals surface area (Å²) in [6.45, 7) is 0.414. The van der Waals surface area contributed by atoms with Gasteiger partial charge in [0.25, 0.3) is 0 Å². The Kier molecular flexibility index (Phi) is 3.33. The number of hydrogen-bond donors (Lipinski definition) is 3. The molecule has 7 heteroatoms. The lowest BCUT2D eigenvalue weighted by atomic mass is 10.2. The smallest absolute Gasteiger partial charge is 0.337 e. The van der Waals surface area contributed by atoms with Crippen LogP contribution < -0.4 is 11.1 Å². The third-order valence-corrected chi connectivity index (χ3v) is 2.23. The summed E-state index contributed by atoms with van der Waals surface area (Å²) in [5, 5.41) is 19.4. The average Bonchev–Trinajstić information content (AvgIpc) is 2.38. The number of aromatic carboxylic acids is 1. The predicted molar refractivity (Wildman–Crippen MR) is 65.0 cm³/mol. The fraction of sp³-hybridized carbons (Fsp3) is 0.0909. The summed E-state index contributed by atoms with van der Waals surface area (Å²) in [5.74, 6) is -0.639. The van der Waals surface area contributed by atoms with Gasteiger partial charge in [-0.25, -0.2) is 9.78 Å². The van der Waals surface area contributed by atoms with Gasteiger partial charge in [-0.3, -0.25) is 0 Å². The molecule has 2 aromatic heterocycles. The molecule has 92 valence electrons. The van der Waals surface area contributed by atoms with Crippen molar-refractivity contribution in [2.45, 2.75) is 6.54 Å². The first-order chi connectivity index (χ1) is 8.66. The highest BCUT2D eigenvalue weighted by atomic mass is 16.4. The summed E-state index contributed by atoms with van der Waals surface area (Å²) in [6, 6.07) is 4.93. The molecule has 0 aliphatic heterocycles. The number of carboxylic acid groups (broad SMARTS) is 1. The van der Waals surface area contributed by atoms with Crippen molar-refractivity contribution >= 4 is 17.5 Å². The molecule has 4 N–H and O–H groups in total. The Balaban J connectivity index is 2.08. The number of nitrogens with zero attached hydrogens (tertiary/aromatic N) is 3. The minimum absolute atomic E-state index is 0.0533. The lowest BCUT2D eigenvalue weighted by Crippen LogP contribution is -2.08. The molecule has 0 spiro atoms. The molecule has 0 bridgehead atoms. The molecule has 18 heavy (non-hydrogen) atoms. The maximum Gasteiger partial charge on any atom is 0.337 e. The minimum Gasteiger partial charge on any atom is -0.478 e. The molecule has 2 aromatic rings. The Bertz CT molecular complexity index is 559. The van der Waals surface area contributed by atoms with Gasteiger partial charge < -0.3 is 16.2 Å². The lowest BCUT2D eigenvalue weighted by molar-refractivity contribution is 0.0696. The molecule has 0 aromatic carbocycles. The van der Waals surface area contributed by atoms with Crippen molar-refractivity contribution in [1.29, 1.82) is 0 Å². The van der Waals surface area contributed by atoms with E-state index < -0.39 is 5.97 Å². The molecule has 2 rings (SSSR count). The zero-order chi connectivity index (χ0) is 13.0. The zero-order valence-electron chi connectivity index (χ0n) is 9.37. The van der Waals surface area contributed by atoms with Crippen LogP contribution in [0.3, 0.4) is 0 Å². The van der Waals surface area contributed by atoms with Gasteiger partial charge in [-0.2, -0.15) is 10.2 Å². The van der Waals surface area contributed by atoms with Gasteiger partial charge in [0.2, 0.25) is 0 Å². The van der Waals surface area contributed by atoms with Gasteiger partial charge in [-0.15, -0.1) is 0 Å². The van der Waals surface area contributed by atoms with Crippen LogP contribution in [0, 0.1) is 0 Å². The molecule has 7 nitrogen and oxygen atoms in total. The van der Waals surface area contributed by atoms with Crippen molar-refractivity contribution in [1.82, 2.24) is 15.2 Å². The van der Waals surface area contributed by atoms with E-state index in [1.165, 1.54) is 12.3 Å². The summed E-state index contributed by atoms with van der Waals surface area (Å²) >= 11 is 0. The van der Waals surface area contributed by atoms with E-state index in [1.807, 2.05) is 6.07 Å². The normalized spacial score (nSPS) is 10.0. The van der Waals surface area contributed by atoms with E-state index in [-0.39, 0.29) is 11.3 Å². The van der Waals surface area contributed by atoms with Crippen LogP contribution in [0.5, 0.6) is 0 Å². The third-order valence-electron chi connectivity index (χ3n) is 2.23. The fourth-order valence-electron chi connectivity index (χ4n) is 1.35. The van der Waals surface area contributed by atoms with Gasteiger partial charge >= 0.3 is 5.97 Å². The van der Waals surface area contributed by atoms with Gasteiger partial charge in [0.1, 0.15) is 5.82 Å². The molecule has 0 aliphatic rings. The highest BCUT2D eigenvalue weighted by molar-refractivity contribution is 5.89. The number of carbonyl (C=O) groups is 1. The fourth-order valence-corrected chi connectivity index (χ4v) is 1.35. The first kappa shape index (κ1) is 11.8. The molecule has 0 fully saturated rings. The van der Waals surface area contributed by atoms with Crippen LogP contribution in [-0.2, 0) is 6.54 Å². The lowest BCUT2D eigenvalue weighted by Gasteiger charge is -2.07. The molecule has 0 saturated carbocycles. The molecule has 2 heterocycles. The molecule has 0 amide bonds. The van der Waals surface area contributed by atoms with E-state index >= 15 is 0 Å². The highest BCUT2D eigenvalue weighted by Gasteiger charge is 2.07. The van der Waals surface area contributed by atoms with E-state index in [1.54, 1.807) is 12.3 Å². The number of anilines is 2.